The van der Waals surface area contributed by atoms with Crippen LogP contribution >= 0.6 is 0 Å². The van der Waals surface area contributed by atoms with Gasteiger partial charge in [0.15, 0.2) is 0 Å². The molecule has 4 N–H and O–H groups in total. The average Bonchev–Trinajstić information content (AvgIpc) is 2.75. The number of aliphatic hydroxyl groups is 3. The predicted octanol–water partition coefficient (Wildman–Crippen LogP) is 2.44. The Balaban J connectivity index is 2.35. The highest BCUT2D eigenvalue weighted by Gasteiger charge is 2.42. The maximum absolute atomic E-state index is 13.2. The summed E-state index contributed by atoms with van der Waals surface area (Å²) in [5.41, 5.74) is 0.540. The lowest BCUT2D eigenvalue weighted by atomic mass is 9.66. The van der Waals surface area contributed by atoms with Crippen LogP contribution in [0.5, 0.6) is 0 Å². The van der Waals surface area contributed by atoms with Crippen molar-refractivity contribution in [1.82, 2.24) is 0 Å². The highest BCUT2D eigenvalue weighted by Crippen LogP contribution is 2.44. The molecule has 0 saturated carbocycles. The van der Waals surface area contributed by atoms with E-state index < -0.39 is 74.7 Å². The van der Waals surface area contributed by atoms with Crippen LogP contribution < -0.4 is 0 Å². The van der Waals surface area contributed by atoms with Gasteiger partial charge < -0.3 is 25.2 Å². The molecule has 170 valence electrons. The zero-order chi connectivity index (χ0) is 30.1. The summed E-state index contributed by atoms with van der Waals surface area (Å²) in [6.07, 6.45) is -3.94. The number of esters is 1. The van der Waals surface area contributed by atoms with Crippen molar-refractivity contribution >= 4 is 11.9 Å². The number of rotatable bonds is 10. The molecule has 8 atom stereocenters. The molecule has 2 rings (SSSR count). The third-order valence-corrected chi connectivity index (χ3v) is 5.75. The summed E-state index contributed by atoms with van der Waals surface area (Å²) < 4.78 is 75.0. The third-order valence-electron chi connectivity index (χ3n) is 5.75. The molecule has 0 aromatic carbocycles. The molecule has 2 aliphatic carbocycles. The second-order valence-corrected chi connectivity index (χ2v) is 8.04. The number of hydrogen-bond donors (Lipinski definition) is 4. The predicted molar refractivity (Wildman–Crippen MR) is 111 cm³/mol. The van der Waals surface area contributed by atoms with Gasteiger partial charge in [-0.25, -0.2) is 0 Å². The van der Waals surface area contributed by atoms with Gasteiger partial charge in [-0.05, 0) is 43.0 Å². The smallest absolute Gasteiger partial charge is 0.308 e. The molecule has 7 heteroatoms. The molecule has 0 fully saturated rings. The van der Waals surface area contributed by atoms with E-state index in [-0.39, 0.29) is 31.1 Å². The maximum Gasteiger partial charge on any atom is 0.308 e. The fourth-order valence-electron chi connectivity index (χ4n) is 4.34. The van der Waals surface area contributed by atoms with Crippen LogP contribution in [0.2, 0.25) is 0 Å². The molecule has 0 aromatic rings. The Kier molecular flexibility index (Phi) is 5.31. The number of carbonyl (C=O) groups excluding carboxylic acids is 1. The van der Waals surface area contributed by atoms with Gasteiger partial charge in [0.2, 0.25) is 0 Å². The van der Waals surface area contributed by atoms with Gasteiger partial charge in [0, 0.05) is 24.7 Å². The Labute approximate surface area is 191 Å². The van der Waals surface area contributed by atoms with Crippen molar-refractivity contribution < 1.29 is 47.1 Å². The number of carboxylic acids is 1. The zero-order valence-corrected chi connectivity index (χ0v) is 16.8. The van der Waals surface area contributed by atoms with Crippen LogP contribution in [0.1, 0.15) is 71.4 Å². The number of hydrogen-bond acceptors (Lipinski definition) is 6. The first kappa shape index (κ1) is 14.4. The number of carbonyl (C=O) groups is 2. The van der Waals surface area contributed by atoms with Crippen molar-refractivity contribution in [3.63, 3.8) is 0 Å². The largest absolute Gasteiger partial charge is 0.481 e. The topological polar surface area (TPSA) is 124 Å². The molecule has 0 saturated heterocycles. The van der Waals surface area contributed by atoms with Crippen LogP contribution in [-0.2, 0) is 14.3 Å². The van der Waals surface area contributed by atoms with E-state index in [0.717, 1.165) is 0 Å². The Bertz CT molecular complexity index is 963. The molecule has 1 unspecified atom stereocenters. The lowest BCUT2D eigenvalue weighted by Crippen LogP contribution is -2.43. The Morgan fingerprint density at radius 3 is 2.83 bits per heavy atom. The van der Waals surface area contributed by atoms with E-state index >= 15 is 0 Å². The molecule has 0 heterocycles. The van der Waals surface area contributed by atoms with Gasteiger partial charge in [-0.15, -0.1) is 0 Å². The van der Waals surface area contributed by atoms with Crippen molar-refractivity contribution in [2.45, 2.75) is 83.5 Å². The van der Waals surface area contributed by atoms with E-state index in [1.54, 1.807) is 6.08 Å². The minimum absolute atomic E-state index is 0.131. The molecule has 2 aliphatic rings. The lowest BCUT2D eigenvalue weighted by molar-refractivity contribution is -0.159. The normalized spacial score (nSPS) is 38.1. The Morgan fingerprint density at radius 1 is 1.40 bits per heavy atom. The van der Waals surface area contributed by atoms with Crippen LogP contribution in [0.25, 0.3) is 0 Å². The first-order valence-corrected chi connectivity index (χ1v) is 10.0. The Morgan fingerprint density at radius 2 is 2.17 bits per heavy atom. The first-order valence-electron chi connectivity index (χ1n) is 14.5. The van der Waals surface area contributed by atoms with Crippen molar-refractivity contribution in [3.05, 3.63) is 23.8 Å². The molecule has 0 radical (unpaired) electrons. The van der Waals surface area contributed by atoms with Gasteiger partial charge in [0.05, 0.1) is 30.6 Å². The van der Waals surface area contributed by atoms with Crippen LogP contribution in [-0.4, -0.2) is 56.8 Å². The van der Waals surface area contributed by atoms with Gasteiger partial charge in [-0.1, -0.05) is 38.9 Å². The summed E-state index contributed by atoms with van der Waals surface area (Å²) in [6, 6.07) is 0. The summed E-state index contributed by atoms with van der Waals surface area (Å²) in [5, 5.41) is 39.4. The van der Waals surface area contributed by atoms with Crippen LogP contribution in [0.15, 0.2) is 23.8 Å². The number of allylic oxidation sites excluding steroid dienone is 2. The van der Waals surface area contributed by atoms with Crippen molar-refractivity contribution in [2.75, 3.05) is 0 Å². The molecular weight excluding hydrogens is 388 g/mol. The van der Waals surface area contributed by atoms with E-state index in [0.29, 0.717) is 12.0 Å². The number of aliphatic carboxylic acids is 1. The molecule has 0 amide bonds. The summed E-state index contributed by atoms with van der Waals surface area (Å²) in [4.78, 5) is 24.0. The average molecular weight is 434 g/mol. The molecule has 7 nitrogen and oxygen atoms in total. The lowest BCUT2D eigenvalue weighted by Gasteiger charge is -2.43. The molecule has 0 bridgehead atoms. The number of fused-ring (bicyclic) bond motifs is 1. The highest BCUT2D eigenvalue weighted by atomic mass is 16.5. The number of ether oxygens (including phenoxy) is 1. The summed E-state index contributed by atoms with van der Waals surface area (Å²) in [6.45, 7) is -5.52. The Hall–Kier alpha value is -1.70. The number of carboxylic acid groups (broad SMARTS) is 1. The SMILES string of the molecule is [2H]C([2H])([2H])C([2H])([2H])C([2H])(C(=O)O[C@H]1C[C@H](O)C=C2C=C[C@H](C)[C@H](CC[C@@H](O)C[C@@H](O)CC(=O)O)[C@H]21)C([2H])([2H])[2H]. The molecular formula is C23H36O7. The second-order valence-electron chi connectivity index (χ2n) is 8.04. The highest BCUT2D eigenvalue weighted by molar-refractivity contribution is 5.72. The van der Waals surface area contributed by atoms with Crippen LogP contribution in [0.3, 0.4) is 0 Å². The minimum atomic E-state index is -3.81. The van der Waals surface area contributed by atoms with Crippen molar-refractivity contribution in [1.29, 1.82) is 0 Å². The summed E-state index contributed by atoms with van der Waals surface area (Å²) >= 11 is 0. The molecule has 30 heavy (non-hydrogen) atoms. The third kappa shape index (κ3) is 6.65. The fourth-order valence-corrected chi connectivity index (χ4v) is 4.34. The van der Waals surface area contributed by atoms with Crippen LogP contribution in [0, 0.1) is 23.6 Å². The van der Waals surface area contributed by atoms with Gasteiger partial charge in [-0.3, -0.25) is 9.59 Å². The summed E-state index contributed by atoms with van der Waals surface area (Å²) in [5.74, 6) is -8.10. The second kappa shape index (κ2) is 11.1. The molecule has 0 aromatic heterocycles. The maximum atomic E-state index is 13.2. The van der Waals surface area contributed by atoms with E-state index in [9.17, 15) is 24.9 Å². The first-order chi connectivity index (χ1) is 17.6. The van der Waals surface area contributed by atoms with Gasteiger partial charge in [-0.2, -0.15) is 0 Å². The van der Waals surface area contributed by atoms with Gasteiger partial charge in [0.1, 0.15) is 6.10 Å². The van der Waals surface area contributed by atoms with Crippen LogP contribution in [0.4, 0.5) is 0 Å². The van der Waals surface area contributed by atoms with Crippen molar-refractivity contribution in [3.8, 4) is 0 Å². The van der Waals surface area contributed by atoms with Crippen molar-refractivity contribution in [2.24, 2.45) is 23.6 Å². The molecule has 0 spiro atoms. The van der Waals surface area contributed by atoms with E-state index in [2.05, 4.69) is 0 Å². The summed E-state index contributed by atoms with van der Waals surface area (Å²) in [7, 11) is 0. The van der Waals surface area contributed by atoms with E-state index in [1.165, 1.54) is 6.08 Å². The number of aliphatic hydroxyl groups excluding tert-OH is 3. The zero-order valence-electron chi connectivity index (χ0n) is 25.8. The quantitative estimate of drug-likeness (QED) is 0.390. The fraction of sp³-hybridized carbons (Fsp3) is 0.739. The van der Waals surface area contributed by atoms with E-state index in [1.807, 2.05) is 13.0 Å². The standard InChI is InChI=1S/C23H36O7/c1-4-13(2)23(29)30-20-11-17(25)9-15-6-5-14(3)19(22(15)20)8-7-16(24)10-18(26)12-21(27)28/h5-6,9,13-14,16-20,22,24-26H,4,7-8,10-12H2,1-3H3,(H,27,28)/t13?,14-,16+,17+,18+,19-,20-,22-/m0/s1/i1D3,2D3,4D2,13D. The minimum Gasteiger partial charge on any atom is -0.481 e. The van der Waals surface area contributed by atoms with E-state index in [4.69, 9.17) is 22.2 Å². The molecule has 0 aliphatic heterocycles. The van der Waals surface area contributed by atoms with Gasteiger partial charge in [0.25, 0.3) is 0 Å². The van der Waals surface area contributed by atoms with Gasteiger partial charge >= 0.3 is 11.9 Å². The monoisotopic (exact) mass is 433 g/mol.